The lowest BCUT2D eigenvalue weighted by molar-refractivity contribution is -0.141. The molecule has 1 unspecified atom stereocenters. The van der Waals surface area contributed by atoms with E-state index in [4.69, 9.17) is 4.74 Å². The van der Waals surface area contributed by atoms with Crippen molar-refractivity contribution in [3.05, 3.63) is 36.0 Å². The molecular weight excluding hydrogens is 362 g/mol. The Morgan fingerprint density at radius 2 is 2.03 bits per heavy atom. The van der Waals surface area contributed by atoms with Gasteiger partial charge in [0.25, 0.3) is 0 Å². The molecule has 5 heteroatoms. The second-order valence-electron chi connectivity index (χ2n) is 9.36. The van der Waals surface area contributed by atoms with Gasteiger partial charge < -0.3 is 19.5 Å². The average Bonchev–Trinajstić information content (AvgIpc) is 3.41. The predicted molar refractivity (Wildman–Crippen MR) is 115 cm³/mol. The molecule has 3 fully saturated rings. The number of hydrogen-bond acceptors (Lipinski definition) is 3. The molecule has 5 nitrogen and oxygen atoms in total. The van der Waals surface area contributed by atoms with Crippen LogP contribution in [0.3, 0.4) is 0 Å². The topological polar surface area (TPSA) is 48.6 Å². The number of aromatic nitrogens is 1. The molecule has 3 aliphatic heterocycles. The van der Waals surface area contributed by atoms with Gasteiger partial charge in [-0.05, 0) is 68.7 Å². The highest BCUT2D eigenvalue weighted by molar-refractivity contribution is 5.83. The lowest BCUT2D eigenvalue weighted by Crippen LogP contribution is -2.53. The number of piperidine rings is 2. The van der Waals surface area contributed by atoms with Gasteiger partial charge in [0.1, 0.15) is 0 Å². The molecule has 0 saturated carbocycles. The number of amides is 1. The average molecular weight is 396 g/mol. The summed E-state index contributed by atoms with van der Waals surface area (Å²) in [7, 11) is 0. The summed E-state index contributed by atoms with van der Waals surface area (Å²) in [6, 6.07) is 8.57. The van der Waals surface area contributed by atoms with Crippen LogP contribution in [0.15, 0.2) is 30.5 Å². The van der Waals surface area contributed by atoms with Crippen molar-refractivity contribution in [2.45, 2.75) is 51.0 Å². The molecule has 3 aliphatic rings. The molecule has 1 N–H and O–H groups in total. The molecule has 3 saturated heterocycles. The van der Waals surface area contributed by atoms with E-state index >= 15 is 0 Å². The fourth-order valence-corrected chi connectivity index (χ4v) is 5.58. The Labute approximate surface area is 173 Å². The van der Waals surface area contributed by atoms with Gasteiger partial charge >= 0.3 is 0 Å². The fourth-order valence-electron chi connectivity index (χ4n) is 5.58. The highest BCUT2D eigenvalue weighted by Gasteiger charge is 2.41. The fraction of sp³-hybridized carbons (Fsp3) is 0.625. The standard InChI is InChI=1S/C24H33N3O2/c28-23-7-9-24(18-27(23)17-20-4-3-15-29-20)10-13-26(14-11-24)12-8-19-16-25-22-6-2-1-5-21(19)22/h1-2,5-6,16,20,25H,3-4,7-15,17-18H2. The SMILES string of the molecule is O=C1CCC2(CCN(CCc3c[nH]c4ccccc34)CC2)CN1CC1CCCO1. The van der Waals surface area contributed by atoms with Crippen LogP contribution >= 0.6 is 0 Å². The summed E-state index contributed by atoms with van der Waals surface area (Å²) in [5.41, 5.74) is 2.99. The number of H-pyrrole nitrogens is 1. The monoisotopic (exact) mass is 395 g/mol. The minimum absolute atomic E-state index is 0.269. The molecule has 0 aliphatic carbocycles. The summed E-state index contributed by atoms with van der Waals surface area (Å²) < 4.78 is 5.79. The third kappa shape index (κ3) is 4.08. The van der Waals surface area contributed by atoms with Crippen LogP contribution in [0.25, 0.3) is 10.9 Å². The number of carbonyl (C=O) groups is 1. The van der Waals surface area contributed by atoms with Crippen LogP contribution in [0.5, 0.6) is 0 Å². The zero-order valence-electron chi connectivity index (χ0n) is 17.4. The predicted octanol–water partition coefficient (Wildman–Crippen LogP) is 3.59. The number of benzene rings is 1. The van der Waals surface area contributed by atoms with Crippen molar-refractivity contribution in [2.24, 2.45) is 5.41 Å². The second kappa shape index (κ2) is 8.11. The highest BCUT2D eigenvalue weighted by Crippen LogP contribution is 2.40. The zero-order valence-corrected chi connectivity index (χ0v) is 17.4. The van der Waals surface area contributed by atoms with Crippen molar-refractivity contribution < 1.29 is 9.53 Å². The summed E-state index contributed by atoms with van der Waals surface area (Å²) in [5, 5.41) is 1.36. The molecule has 1 aromatic heterocycles. The Hall–Kier alpha value is -1.85. The van der Waals surface area contributed by atoms with Gasteiger partial charge in [-0.15, -0.1) is 0 Å². The number of ether oxygens (including phenoxy) is 1. The third-order valence-corrected chi connectivity index (χ3v) is 7.49. The van der Waals surface area contributed by atoms with E-state index < -0.39 is 0 Å². The smallest absolute Gasteiger partial charge is 0.222 e. The molecule has 0 bridgehead atoms. The molecule has 0 radical (unpaired) electrons. The van der Waals surface area contributed by atoms with Crippen LogP contribution in [-0.4, -0.2) is 66.1 Å². The van der Waals surface area contributed by atoms with Crippen LogP contribution < -0.4 is 0 Å². The van der Waals surface area contributed by atoms with Crippen LogP contribution in [-0.2, 0) is 16.0 Å². The number of nitrogens with one attached hydrogen (secondary N) is 1. The lowest BCUT2D eigenvalue weighted by Gasteiger charge is -2.48. The molecular formula is C24H33N3O2. The maximum absolute atomic E-state index is 12.5. The Balaban J connectivity index is 1.15. The van der Waals surface area contributed by atoms with E-state index in [1.165, 1.54) is 29.3 Å². The summed E-state index contributed by atoms with van der Waals surface area (Å²) in [6.07, 6.45) is 10.0. The first kappa shape index (κ1) is 19.1. The molecule has 1 atom stereocenters. The number of likely N-dealkylation sites (tertiary alicyclic amines) is 2. The number of nitrogens with zero attached hydrogens (tertiary/aromatic N) is 2. The summed E-state index contributed by atoms with van der Waals surface area (Å²) in [5.74, 6) is 0.341. The summed E-state index contributed by atoms with van der Waals surface area (Å²) in [4.78, 5) is 20.6. The quantitative estimate of drug-likeness (QED) is 0.842. The van der Waals surface area contributed by atoms with Crippen molar-refractivity contribution in [1.29, 1.82) is 0 Å². The van der Waals surface area contributed by atoms with Gasteiger partial charge in [-0.25, -0.2) is 0 Å². The first-order valence-electron chi connectivity index (χ1n) is 11.4. The van der Waals surface area contributed by atoms with E-state index in [2.05, 4.69) is 45.2 Å². The van der Waals surface area contributed by atoms with Crippen LogP contribution in [0.1, 0.15) is 44.1 Å². The van der Waals surface area contributed by atoms with Gasteiger partial charge in [0.2, 0.25) is 5.91 Å². The molecule has 1 amide bonds. The van der Waals surface area contributed by atoms with Crippen molar-refractivity contribution >= 4 is 16.8 Å². The first-order valence-corrected chi connectivity index (χ1v) is 11.4. The van der Waals surface area contributed by atoms with Crippen molar-refractivity contribution in [2.75, 3.05) is 39.3 Å². The van der Waals surface area contributed by atoms with Gasteiger partial charge in [0, 0.05) is 49.8 Å². The zero-order chi connectivity index (χ0) is 19.7. The molecule has 29 heavy (non-hydrogen) atoms. The van der Waals surface area contributed by atoms with Crippen LogP contribution in [0.4, 0.5) is 0 Å². The van der Waals surface area contributed by atoms with Gasteiger partial charge in [-0.1, -0.05) is 18.2 Å². The van der Waals surface area contributed by atoms with E-state index in [-0.39, 0.29) is 6.10 Å². The van der Waals surface area contributed by atoms with Gasteiger partial charge in [0.15, 0.2) is 0 Å². The number of aromatic amines is 1. The minimum atomic E-state index is 0.269. The maximum atomic E-state index is 12.5. The number of hydrogen-bond donors (Lipinski definition) is 1. The van der Waals surface area contributed by atoms with E-state index in [0.29, 0.717) is 11.3 Å². The maximum Gasteiger partial charge on any atom is 0.222 e. The molecule has 1 aromatic carbocycles. The Bertz CT molecular complexity index is 847. The minimum Gasteiger partial charge on any atom is -0.376 e. The number of fused-ring (bicyclic) bond motifs is 1. The van der Waals surface area contributed by atoms with Gasteiger partial charge in [0.05, 0.1) is 6.10 Å². The Kier molecular flexibility index (Phi) is 5.35. The largest absolute Gasteiger partial charge is 0.376 e. The molecule has 2 aromatic rings. The Morgan fingerprint density at radius 1 is 1.17 bits per heavy atom. The van der Waals surface area contributed by atoms with Crippen LogP contribution in [0.2, 0.25) is 0 Å². The number of para-hydroxylation sites is 1. The number of rotatable bonds is 5. The molecule has 4 heterocycles. The van der Waals surface area contributed by atoms with E-state index in [0.717, 1.165) is 71.4 Å². The molecule has 1 spiro atoms. The lowest BCUT2D eigenvalue weighted by atomic mass is 9.72. The molecule has 5 rings (SSSR count). The summed E-state index contributed by atoms with van der Waals surface area (Å²) >= 11 is 0. The highest BCUT2D eigenvalue weighted by atomic mass is 16.5. The van der Waals surface area contributed by atoms with E-state index in [9.17, 15) is 4.79 Å². The second-order valence-corrected chi connectivity index (χ2v) is 9.36. The summed E-state index contributed by atoms with van der Waals surface area (Å²) in [6.45, 7) is 6.06. The van der Waals surface area contributed by atoms with E-state index in [1.807, 2.05) is 0 Å². The van der Waals surface area contributed by atoms with Gasteiger partial charge in [-0.3, -0.25) is 4.79 Å². The molecule has 156 valence electrons. The Morgan fingerprint density at radius 3 is 2.86 bits per heavy atom. The van der Waals surface area contributed by atoms with Crippen molar-refractivity contribution in [3.8, 4) is 0 Å². The van der Waals surface area contributed by atoms with Crippen molar-refractivity contribution in [3.63, 3.8) is 0 Å². The normalized spacial score (nSPS) is 25.3. The van der Waals surface area contributed by atoms with Crippen molar-refractivity contribution in [1.82, 2.24) is 14.8 Å². The van der Waals surface area contributed by atoms with Gasteiger partial charge in [-0.2, -0.15) is 0 Å². The first-order chi connectivity index (χ1) is 14.2. The third-order valence-electron chi connectivity index (χ3n) is 7.49. The van der Waals surface area contributed by atoms with E-state index in [1.54, 1.807) is 0 Å². The number of carbonyl (C=O) groups excluding carboxylic acids is 1. The van der Waals surface area contributed by atoms with Crippen LogP contribution in [0, 0.1) is 5.41 Å².